The zero-order valence-electron chi connectivity index (χ0n) is 11.5. The monoisotopic (exact) mass is 281 g/mol. The SMILES string of the molecule is NNC(Cc1ccccc1F)c1cccc2cnccc12. The fourth-order valence-corrected chi connectivity index (χ4v) is 2.59. The molecule has 1 unspecified atom stereocenters. The van der Waals surface area contributed by atoms with E-state index in [1.807, 2.05) is 36.5 Å². The van der Waals surface area contributed by atoms with Gasteiger partial charge in [-0.1, -0.05) is 36.4 Å². The van der Waals surface area contributed by atoms with Crippen LogP contribution in [0.1, 0.15) is 17.2 Å². The van der Waals surface area contributed by atoms with Gasteiger partial charge in [0.05, 0.1) is 6.04 Å². The topological polar surface area (TPSA) is 50.9 Å². The zero-order valence-corrected chi connectivity index (χ0v) is 11.5. The average molecular weight is 281 g/mol. The standard InChI is InChI=1S/C17H16FN3/c18-16-7-2-1-4-12(16)10-17(21-19)15-6-3-5-13-11-20-9-8-14(13)15/h1-9,11,17,21H,10,19H2. The minimum atomic E-state index is -0.209. The third-order valence-corrected chi connectivity index (χ3v) is 3.67. The third kappa shape index (κ3) is 2.77. The van der Waals surface area contributed by atoms with E-state index in [0.717, 1.165) is 16.3 Å². The van der Waals surface area contributed by atoms with Crippen LogP contribution in [0.3, 0.4) is 0 Å². The molecular weight excluding hydrogens is 265 g/mol. The lowest BCUT2D eigenvalue weighted by Crippen LogP contribution is -2.30. The summed E-state index contributed by atoms with van der Waals surface area (Å²) < 4.78 is 13.8. The van der Waals surface area contributed by atoms with Crippen molar-refractivity contribution in [1.29, 1.82) is 0 Å². The molecule has 0 saturated heterocycles. The van der Waals surface area contributed by atoms with Gasteiger partial charge in [0.15, 0.2) is 0 Å². The predicted octanol–water partition coefficient (Wildman–Crippen LogP) is 3.12. The molecule has 3 N–H and O–H groups in total. The summed E-state index contributed by atoms with van der Waals surface area (Å²) in [6.07, 6.45) is 4.06. The molecule has 0 amide bonds. The number of halogens is 1. The Morgan fingerprint density at radius 1 is 1.10 bits per heavy atom. The van der Waals surface area contributed by atoms with Gasteiger partial charge in [0.25, 0.3) is 0 Å². The Labute approximate surface area is 122 Å². The molecule has 0 bridgehead atoms. The van der Waals surface area contributed by atoms with Gasteiger partial charge >= 0.3 is 0 Å². The van der Waals surface area contributed by atoms with Crippen LogP contribution in [0.2, 0.25) is 0 Å². The molecule has 106 valence electrons. The van der Waals surface area contributed by atoms with E-state index in [1.165, 1.54) is 6.07 Å². The molecular formula is C17H16FN3. The Hall–Kier alpha value is -2.30. The Morgan fingerprint density at radius 3 is 2.76 bits per heavy atom. The number of benzene rings is 2. The highest BCUT2D eigenvalue weighted by atomic mass is 19.1. The van der Waals surface area contributed by atoms with Gasteiger partial charge in [-0.15, -0.1) is 0 Å². The first-order valence-corrected chi connectivity index (χ1v) is 6.82. The van der Waals surface area contributed by atoms with Crippen LogP contribution in [0.5, 0.6) is 0 Å². The highest BCUT2D eigenvalue weighted by Crippen LogP contribution is 2.26. The number of hydrogen-bond acceptors (Lipinski definition) is 3. The van der Waals surface area contributed by atoms with Crippen LogP contribution < -0.4 is 11.3 Å². The summed E-state index contributed by atoms with van der Waals surface area (Å²) in [6, 6.07) is 14.5. The summed E-state index contributed by atoms with van der Waals surface area (Å²) >= 11 is 0. The van der Waals surface area contributed by atoms with Crippen molar-refractivity contribution in [2.45, 2.75) is 12.5 Å². The van der Waals surface area contributed by atoms with Crippen LogP contribution in [-0.4, -0.2) is 4.98 Å². The second kappa shape index (κ2) is 5.99. The van der Waals surface area contributed by atoms with Crippen molar-refractivity contribution in [1.82, 2.24) is 10.4 Å². The van der Waals surface area contributed by atoms with E-state index in [0.29, 0.717) is 12.0 Å². The molecule has 21 heavy (non-hydrogen) atoms. The Morgan fingerprint density at radius 2 is 1.95 bits per heavy atom. The Kier molecular flexibility index (Phi) is 3.90. The predicted molar refractivity (Wildman–Crippen MR) is 81.9 cm³/mol. The number of nitrogens with two attached hydrogens (primary N) is 1. The van der Waals surface area contributed by atoms with Crippen molar-refractivity contribution in [2.24, 2.45) is 5.84 Å². The molecule has 2 aromatic carbocycles. The van der Waals surface area contributed by atoms with Crippen LogP contribution in [0, 0.1) is 5.82 Å². The van der Waals surface area contributed by atoms with Gasteiger partial charge in [0.1, 0.15) is 5.82 Å². The van der Waals surface area contributed by atoms with E-state index >= 15 is 0 Å². The van der Waals surface area contributed by atoms with Crippen molar-refractivity contribution >= 4 is 10.8 Å². The Bertz CT molecular complexity index is 752. The summed E-state index contributed by atoms with van der Waals surface area (Å²) in [5, 5.41) is 2.12. The maximum absolute atomic E-state index is 13.8. The first-order valence-electron chi connectivity index (χ1n) is 6.82. The number of hydrazine groups is 1. The van der Waals surface area contributed by atoms with E-state index in [-0.39, 0.29) is 11.9 Å². The van der Waals surface area contributed by atoms with Gasteiger partial charge in [0, 0.05) is 17.8 Å². The van der Waals surface area contributed by atoms with E-state index in [4.69, 9.17) is 5.84 Å². The second-order valence-corrected chi connectivity index (χ2v) is 4.96. The average Bonchev–Trinajstić information content (AvgIpc) is 2.54. The first-order chi connectivity index (χ1) is 10.3. The minimum Gasteiger partial charge on any atom is -0.271 e. The van der Waals surface area contributed by atoms with Crippen LogP contribution >= 0.6 is 0 Å². The fourth-order valence-electron chi connectivity index (χ4n) is 2.59. The van der Waals surface area contributed by atoms with Gasteiger partial charge in [-0.2, -0.15) is 0 Å². The molecule has 0 saturated carbocycles. The lowest BCUT2D eigenvalue weighted by Gasteiger charge is -2.18. The van der Waals surface area contributed by atoms with E-state index in [1.54, 1.807) is 18.3 Å². The molecule has 3 nitrogen and oxygen atoms in total. The molecule has 3 aromatic rings. The third-order valence-electron chi connectivity index (χ3n) is 3.67. The van der Waals surface area contributed by atoms with Crippen molar-refractivity contribution in [3.63, 3.8) is 0 Å². The number of pyridine rings is 1. The maximum Gasteiger partial charge on any atom is 0.126 e. The molecule has 4 heteroatoms. The molecule has 1 heterocycles. The first kappa shape index (κ1) is 13.7. The van der Waals surface area contributed by atoms with Gasteiger partial charge in [0.2, 0.25) is 0 Å². The van der Waals surface area contributed by atoms with Gasteiger partial charge in [-0.25, -0.2) is 4.39 Å². The van der Waals surface area contributed by atoms with E-state index in [2.05, 4.69) is 10.4 Å². The summed E-state index contributed by atoms with van der Waals surface area (Å²) in [7, 11) is 0. The highest BCUT2D eigenvalue weighted by molar-refractivity contribution is 5.85. The second-order valence-electron chi connectivity index (χ2n) is 4.96. The number of nitrogens with one attached hydrogen (secondary N) is 1. The largest absolute Gasteiger partial charge is 0.271 e. The number of rotatable bonds is 4. The summed E-state index contributed by atoms with van der Waals surface area (Å²) in [5.41, 5.74) is 4.49. The van der Waals surface area contributed by atoms with E-state index in [9.17, 15) is 4.39 Å². The summed E-state index contributed by atoms with van der Waals surface area (Å²) in [5.74, 6) is 5.50. The number of hydrogen-bond donors (Lipinski definition) is 2. The number of nitrogens with zero attached hydrogens (tertiary/aromatic N) is 1. The van der Waals surface area contributed by atoms with Gasteiger partial charge in [-0.05, 0) is 35.1 Å². The van der Waals surface area contributed by atoms with Crippen molar-refractivity contribution in [3.05, 3.63) is 77.9 Å². The summed E-state index contributed by atoms with van der Waals surface area (Å²) in [6.45, 7) is 0. The lowest BCUT2D eigenvalue weighted by atomic mass is 9.95. The highest BCUT2D eigenvalue weighted by Gasteiger charge is 2.15. The number of fused-ring (bicyclic) bond motifs is 1. The molecule has 1 atom stereocenters. The van der Waals surface area contributed by atoms with Crippen molar-refractivity contribution in [2.75, 3.05) is 0 Å². The Balaban J connectivity index is 2.01. The molecule has 1 aromatic heterocycles. The molecule has 0 aliphatic rings. The molecule has 0 radical (unpaired) electrons. The van der Waals surface area contributed by atoms with Gasteiger partial charge < -0.3 is 0 Å². The van der Waals surface area contributed by atoms with Crippen LogP contribution in [-0.2, 0) is 6.42 Å². The molecule has 3 rings (SSSR count). The minimum absolute atomic E-state index is 0.159. The van der Waals surface area contributed by atoms with Gasteiger partial charge in [-0.3, -0.25) is 16.3 Å². The molecule has 0 aliphatic carbocycles. The quantitative estimate of drug-likeness (QED) is 0.570. The van der Waals surface area contributed by atoms with Crippen molar-refractivity contribution < 1.29 is 4.39 Å². The van der Waals surface area contributed by atoms with E-state index < -0.39 is 0 Å². The zero-order chi connectivity index (χ0) is 14.7. The molecule has 0 spiro atoms. The van der Waals surface area contributed by atoms with Crippen LogP contribution in [0.4, 0.5) is 4.39 Å². The molecule has 0 aliphatic heterocycles. The fraction of sp³-hybridized carbons (Fsp3) is 0.118. The summed E-state index contributed by atoms with van der Waals surface area (Å²) in [4.78, 5) is 4.13. The van der Waals surface area contributed by atoms with Crippen LogP contribution in [0.25, 0.3) is 10.8 Å². The maximum atomic E-state index is 13.8. The smallest absolute Gasteiger partial charge is 0.126 e. The molecule has 0 fully saturated rings. The van der Waals surface area contributed by atoms with Crippen LogP contribution in [0.15, 0.2) is 60.9 Å². The normalized spacial score (nSPS) is 12.5. The van der Waals surface area contributed by atoms with Crippen molar-refractivity contribution in [3.8, 4) is 0 Å². The number of aromatic nitrogens is 1. The lowest BCUT2D eigenvalue weighted by molar-refractivity contribution is 0.532.